The first kappa shape index (κ1) is 14.5. The van der Waals surface area contributed by atoms with Crippen LogP contribution in [0.15, 0.2) is 23.1 Å². The van der Waals surface area contributed by atoms with Crippen LogP contribution < -0.4 is 10.1 Å². The molecule has 3 aliphatic heterocycles. The lowest BCUT2D eigenvalue weighted by molar-refractivity contribution is 0.288. The fourth-order valence-corrected chi connectivity index (χ4v) is 5.90. The molecule has 0 aromatic heterocycles. The molecule has 0 amide bonds. The number of aryl methyl sites for hydroxylation is 1. The van der Waals surface area contributed by atoms with Crippen LogP contribution in [0.4, 0.5) is 0 Å². The second kappa shape index (κ2) is 5.51. The van der Waals surface area contributed by atoms with Crippen LogP contribution in [0, 0.1) is 0 Å². The second-order valence-corrected chi connectivity index (χ2v) is 8.28. The van der Waals surface area contributed by atoms with Crippen molar-refractivity contribution in [2.24, 2.45) is 0 Å². The number of ether oxygens (including phenoxy) is 1. The van der Waals surface area contributed by atoms with Crippen molar-refractivity contribution in [1.82, 2.24) is 9.62 Å². The Morgan fingerprint density at radius 2 is 2.05 bits per heavy atom. The van der Waals surface area contributed by atoms with Crippen molar-refractivity contribution in [3.63, 3.8) is 0 Å². The van der Waals surface area contributed by atoms with E-state index < -0.39 is 10.0 Å². The van der Waals surface area contributed by atoms with Crippen molar-refractivity contribution in [1.29, 1.82) is 0 Å². The minimum Gasteiger partial charge on any atom is -0.493 e. The Hall–Kier alpha value is -1.11. The van der Waals surface area contributed by atoms with Crippen molar-refractivity contribution in [2.45, 2.75) is 49.1 Å². The van der Waals surface area contributed by atoms with Crippen LogP contribution in [0.1, 0.15) is 31.2 Å². The number of nitrogens with zero attached hydrogens (tertiary/aromatic N) is 1. The van der Waals surface area contributed by atoms with Crippen LogP contribution in [0.25, 0.3) is 0 Å². The highest BCUT2D eigenvalue weighted by Gasteiger charge is 2.43. The Kier molecular flexibility index (Phi) is 3.63. The zero-order valence-corrected chi connectivity index (χ0v) is 13.4. The monoisotopic (exact) mass is 322 g/mol. The van der Waals surface area contributed by atoms with Crippen molar-refractivity contribution >= 4 is 10.0 Å². The highest BCUT2D eigenvalue weighted by molar-refractivity contribution is 7.89. The number of benzene rings is 1. The average Bonchev–Trinajstić information content (AvgIpc) is 2.80. The van der Waals surface area contributed by atoms with Gasteiger partial charge in [0.2, 0.25) is 10.0 Å². The van der Waals surface area contributed by atoms with E-state index >= 15 is 0 Å². The molecular formula is C16H22N2O3S. The van der Waals surface area contributed by atoms with Crippen molar-refractivity contribution < 1.29 is 13.2 Å². The summed E-state index contributed by atoms with van der Waals surface area (Å²) < 4.78 is 33.7. The largest absolute Gasteiger partial charge is 0.493 e. The van der Waals surface area contributed by atoms with Gasteiger partial charge in [-0.3, -0.25) is 0 Å². The van der Waals surface area contributed by atoms with Crippen LogP contribution in [-0.2, 0) is 16.4 Å². The molecule has 3 aliphatic rings. The first-order chi connectivity index (χ1) is 10.7. The third-order valence-corrected chi connectivity index (χ3v) is 7.04. The zero-order chi connectivity index (χ0) is 15.2. The number of sulfonamides is 1. The zero-order valence-electron chi connectivity index (χ0n) is 12.6. The predicted octanol–water partition coefficient (Wildman–Crippen LogP) is 1.53. The number of hydrogen-bond acceptors (Lipinski definition) is 4. The quantitative estimate of drug-likeness (QED) is 0.897. The molecule has 1 N–H and O–H groups in total. The number of hydrogen-bond donors (Lipinski definition) is 1. The molecular weight excluding hydrogens is 300 g/mol. The van der Waals surface area contributed by atoms with Gasteiger partial charge in [-0.1, -0.05) is 0 Å². The summed E-state index contributed by atoms with van der Waals surface area (Å²) in [7, 11) is -3.42. The van der Waals surface area contributed by atoms with Crippen LogP contribution in [0.3, 0.4) is 0 Å². The molecule has 120 valence electrons. The lowest BCUT2D eigenvalue weighted by Crippen LogP contribution is -2.42. The Balaban J connectivity index is 1.71. The first-order valence-electron chi connectivity index (χ1n) is 8.16. The summed E-state index contributed by atoms with van der Waals surface area (Å²) in [6.07, 6.45) is 4.71. The summed E-state index contributed by atoms with van der Waals surface area (Å²) in [5.74, 6) is 0.839. The molecule has 2 unspecified atom stereocenters. The van der Waals surface area contributed by atoms with Crippen LogP contribution in [0.2, 0.25) is 0 Å². The number of fused-ring (bicyclic) bond motifs is 3. The molecule has 2 atom stereocenters. The maximum Gasteiger partial charge on any atom is 0.243 e. The van der Waals surface area contributed by atoms with Crippen LogP contribution in [-0.4, -0.2) is 44.5 Å². The molecule has 3 heterocycles. The standard InChI is InChI=1S/C16H22N2O3S/c19-22(20,18-13-3-4-14(18)11-17-8-7-13)15-5-6-16-12(10-15)2-1-9-21-16/h5-6,10,13-14,17H,1-4,7-9,11H2. The maximum absolute atomic E-state index is 13.1. The molecule has 2 fully saturated rings. The normalized spacial score (nSPS) is 28.7. The summed E-state index contributed by atoms with van der Waals surface area (Å²) in [5, 5.41) is 3.36. The average molecular weight is 322 g/mol. The van der Waals surface area contributed by atoms with E-state index in [1.54, 1.807) is 10.4 Å². The molecule has 6 heteroatoms. The van der Waals surface area contributed by atoms with Gasteiger partial charge in [0, 0.05) is 18.6 Å². The molecule has 0 spiro atoms. The van der Waals surface area contributed by atoms with E-state index in [2.05, 4.69) is 5.32 Å². The van der Waals surface area contributed by atoms with E-state index in [4.69, 9.17) is 4.74 Å². The summed E-state index contributed by atoms with van der Waals surface area (Å²) in [5.41, 5.74) is 1.02. The van der Waals surface area contributed by atoms with E-state index in [0.717, 1.165) is 63.1 Å². The van der Waals surface area contributed by atoms with Crippen molar-refractivity contribution in [2.75, 3.05) is 19.7 Å². The van der Waals surface area contributed by atoms with Gasteiger partial charge in [-0.2, -0.15) is 4.31 Å². The van der Waals surface area contributed by atoms with Gasteiger partial charge < -0.3 is 10.1 Å². The van der Waals surface area contributed by atoms with E-state index in [9.17, 15) is 8.42 Å². The number of nitrogens with one attached hydrogen (secondary N) is 1. The van der Waals surface area contributed by atoms with Gasteiger partial charge >= 0.3 is 0 Å². The van der Waals surface area contributed by atoms with Crippen molar-refractivity contribution in [3.05, 3.63) is 23.8 Å². The van der Waals surface area contributed by atoms with Gasteiger partial charge in [0.15, 0.2) is 0 Å². The molecule has 22 heavy (non-hydrogen) atoms. The molecule has 4 rings (SSSR count). The molecule has 0 aliphatic carbocycles. The Bertz CT molecular complexity index is 660. The summed E-state index contributed by atoms with van der Waals surface area (Å²) in [6, 6.07) is 5.60. The van der Waals surface area contributed by atoms with E-state index in [-0.39, 0.29) is 12.1 Å². The van der Waals surface area contributed by atoms with Crippen LogP contribution >= 0.6 is 0 Å². The second-order valence-electron chi connectivity index (χ2n) is 6.43. The molecule has 0 saturated carbocycles. The Morgan fingerprint density at radius 1 is 1.18 bits per heavy atom. The molecule has 2 bridgehead atoms. The summed E-state index contributed by atoms with van der Waals surface area (Å²) in [4.78, 5) is 0.426. The van der Waals surface area contributed by atoms with Gasteiger partial charge in [-0.05, 0) is 62.4 Å². The first-order valence-corrected chi connectivity index (χ1v) is 9.60. The molecule has 5 nitrogen and oxygen atoms in total. The van der Waals surface area contributed by atoms with Gasteiger partial charge in [0.05, 0.1) is 11.5 Å². The van der Waals surface area contributed by atoms with Gasteiger partial charge in [0.25, 0.3) is 0 Å². The van der Waals surface area contributed by atoms with Crippen molar-refractivity contribution in [3.8, 4) is 5.75 Å². The van der Waals surface area contributed by atoms with Crippen LogP contribution in [0.5, 0.6) is 5.75 Å². The Labute approximate surface area is 131 Å². The fraction of sp³-hybridized carbons (Fsp3) is 0.625. The van der Waals surface area contributed by atoms with E-state index in [1.807, 2.05) is 12.1 Å². The minimum absolute atomic E-state index is 0.102. The lowest BCUT2D eigenvalue weighted by atomic mass is 10.1. The molecule has 1 aromatic carbocycles. The van der Waals surface area contributed by atoms with Gasteiger partial charge in [-0.25, -0.2) is 8.42 Å². The van der Waals surface area contributed by atoms with Gasteiger partial charge in [0.1, 0.15) is 5.75 Å². The topological polar surface area (TPSA) is 58.6 Å². The maximum atomic E-state index is 13.1. The Morgan fingerprint density at radius 3 is 2.95 bits per heavy atom. The van der Waals surface area contributed by atoms with Gasteiger partial charge in [-0.15, -0.1) is 0 Å². The predicted molar refractivity (Wildman–Crippen MR) is 83.6 cm³/mol. The summed E-state index contributed by atoms with van der Waals surface area (Å²) in [6.45, 7) is 2.40. The van der Waals surface area contributed by atoms with E-state index in [0.29, 0.717) is 4.90 Å². The highest BCUT2D eigenvalue weighted by Crippen LogP contribution is 2.35. The molecule has 2 saturated heterocycles. The SMILES string of the molecule is O=S(=O)(c1ccc2c(c1)CCCO2)N1C2CCNCC1CC2. The third kappa shape index (κ3) is 2.33. The number of rotatable bonds is 2. The van der Waals surface area contributed by atoms with E-state index in [1.165, 1.54) is 0 Å². The molecule has 1 aromatic rings. The lowest BCUT2D eigenvalue weighted by Gasteiger charge is -2.27. The summed E-state index contributed by atoms with van der Waals surface area (Å²) >= 11 is 0. The fourth-order valence-electron chi connectivity index (χ4n) is 3.95. The molecule has 0 radical (unpaired) electrons. The smallest absolute Gasteiger partial charge is 0.243 e. The third-order valence-electron chi connectivity index (χ3n) is 5.04. The highest BCUT2D eigenvalue weighted by atomic mass is 32.2. The minimum atomic E-state index is -3.42.